The number of carbonyl (C=O) groups excluding carboxylic acids is 1. The van der Waals surface area contributed by atoms with Gasteiger partial charge in [-0.3, -0.25) is 9.18 Å². The molecule has 2 nitrogen and oxygen atoms in total. The lowest BCUT2D eigenvalue weighted by Gasteiger charge is -2.32. The molecular weight excluding hydrogens is 288 g/mol. The zero-order valence-corrected chi connectivity index (χ0v) is 12.8. The molecule has 0 heterocycles. The van der Waals surface area contributed by atoms with Gasteiger partial charge in [0.15, 0.2) is 5.78 Å². The summed E-state index contributed by atoms with van der Waals surface area (Å²) in [4.78, 5) is 11.9. The van der Waals surface area contributed by atoms with Crippen molar-refractivity contribution >= 4 is 5.78 Å². The number of allylic oxidation sites excluding steroid dienone is 2. The molecule has 0 spiro atoms. The fraction of sp³-hybridized carbons (Fsp3) is 0.800. The van der Waals surface area contributed by atoms with Gasteiger partial charge >= 0.3 is 6.18 Å². The first-order valence-corrected chi connectivity index (χ1v) is 7.19. The molecule has 0 aliphatic heterocycles. The van der Waals surface area contributed by atoms with E-state index in [1.807, 2.05) is 0 Å². The molecule has 1 unspecified atom stereocenters. The summed E-state index contributed by atoms with van der Waals surface area (Å²) in [6.07, 6.45) is -4.00. The number of hydrogen-bond donors (Lipinski definition) is 1. The number of rotatable bonds is 9. The Hall–Kier alpha value is -1.07. The molecule has 0 aliphatic rings. The molecule has 21 heavy (non-hydrogen) atoms. The molecule has 1 N–H and O–H groups in total. The summed E-state index contributed by atoms with van der Waals surface area (Å²) in [6.45, 7) is 4.13. The Kier molecular flexibility index (Phi) is 7.96. The van der Waals surface area contributed by atoms with Crippen LogP contribution in [0.3, 0.4) is 0 Å². The SMILES string of the molecule is CCC(CC)(CC(F)(F)F)/C(O)=C/C(=O)C(C)CCCF. The normalized spacial score (nSPS) is 15.1. The Morgan fingerprint density at radius 1 is 1.24 bits per heavy atom. The van der Waals surface area contributed by atoms with Gasteiger partial charge < -0.3 is 5.11 Å². The van der Waals surface area contributed by atoms with Crippen molar-refractivity contribution in [1.29, 1.82) is 0 Å². The van der Waals surface area contributed by atoms with E-state index in [0.717, 1.165) is 6.08 Å². The maximum atomic E-state index is 12.7. The van der Waals surface area contributed by atoms with Gasteiger partial charge in [0, 0.05) is 17.4 Å². The minimum Gasteiger partial charge on any atom is -0.512 e. The summed E-state index contributed by atoms with van der Waals surface area (Å²) in [5.41, 5.74) is -1.46. The molecular formula is C15H24F4O2. The lowest BCUT2D eigenvalue weighted by molar-refractivity contribution is -0.158. The van der Waals surface area contributed by atoms with E-state index >= 15 is 0 Å². The van der Waals surface area contributed by atoms with Gasteiger partial charge in [0.2, 0.25) is 0 Å². The Labute approximate surface area is 123 Å². The standard InChI is InChI=1S/C15H24F4O2/c1-4-14(5-2,10-15(17,18)19)13(21)9-12(20)11(3)7-6-8-16/h9,11,21H,4-8,10H2,1-3H3/b13-9-. The third kappa shape index (κ3) is 6.48. The Balaban J connectivity index is 5.15. The minimum absolute atomic E-state index is 0.0808. The number of halogens is 4. The highest BCUT2D eigenvalue weighted by Crippen LogP contribution is 2.43. The van der Waals surface area contributed by atoms with Gasteiger partial charge in [-0.25, -0.2) is 0 Å². The average Bonchev–Trinajstić information content (AvgIpc) is 2.40. The van der Waals surface area contributed by atoms with Crippen LogP contribution in [0.2, 0.25) is 0 Å². The number of aliphatic hydroxyl groups is 1. The molecule has 0 bridgehead atoms. The van der Waals surface area contributed by atoms with Crippen molar-refractivity contribution in [2.24, 2.45) is 11.3 Å². The van der Waals surface area contributed by atoms with Gasteiger partial charge in [-0.05, 0) is 25.7 Å². The maximum absolute atomic E-state index is 12.7. The van der Waals surface area contributed by atoms with Crippen LogP contribution in [0.4, 0.5) is 17.6 Å². The highest BCUT2D eigenvalue weighted by atomic mass is 19.4. The van der Waals surface area contributed by atoms with E-state index in [1.165, 1.54) is 0 Å². The zero-order chi connectivity index (χ0) is 16.7. The number of carbonyl (C=O) groups is 1. The number of alkyl halides is 4. The summed E-state index contributed by atoms with van der Waals surface area (Å²) in [6, 6.07) is 0. The lowest BCUT2D eigenvalue weighted by atomic mass is 9.76. The van der Waals surface area contributed by atoms with Gasteiger partial charge in [0.05, 0.1) is 13.1 Å². The van der Waals surface area contributed by atoms with E-state index in [-0.39, 0.29) is 19.3 Å². The van der Waals surface area contributed by atoms with Crippen LogP contribution in [0.25, 0.3) is 0 Å². The molecule has 0 amide bonds. The predicted octanol–water partition coefficient (Wildman–Crippen LogP) is 5.14. The van der Waals surface area contributed by atoms with Crippen molar-refractivity contribution in [2.45, 2.75) is 59.1 Å². The zero-order valence-electron chi connectivity index (χ0n) is 12.8. The Bertz CT molecular complexity index is 357. The average molecular weight is 312 g/mol. The third-order valence-corrected chi connectivity index (χ3v) is 3.97. The second-order valence-electron chi connectivity index (χ2n) is 5.44. The monoisotopic (exact) mass is 312 g/mol. The number of aliphatic hydroxyl groups excluding tert-OH is 1. The molecule has 124 valence electrons. The van der Waals surface area contributed by atoms with Crippen molar-refractivity contribution in [3.63, 3.8) is 0 Å². The Morgan fingerprint density at radius 3 is 2.14 bits per heavy atom. The van der Waals surface area contributed by atoms with Crippen LogP contribution < -0.4 is 0 Å². The largest absolute Gasteiger partial charge is 0.512 e. The van der Waals surface area contributed by atoms with Crippen LogP contribution in [0.15, 0.2) is 11.8 Å². The third-order valence-electron chi connectivity index (χ3n) is 3.97. The topological polar surface area (TPSA) is 37.3 Å². The van der Waals surface area contributed by atoms with Gasteiger partial charge in [-0.2, -0.15) is 13.2 Å². The van der Waals surface area contributed by atoms with Gasteiger partial charge in [-0.1, -0.05) is 20.8 Å². The first-order valence-electron chi connectivity index (χ1n) is 7.19. The van der Waals surface area contributed by atoms with Crippen LogP contribution in [0.5, 0.6) is 0 Å². The molecule has 0 radical (unpaired) electrons. The molecule has 0 aliphatic carbocycles. The lowest BCUT2D eigenvalue weighted by Crippen LogP contribution is -2.30. The molecule has 1 atom stereocenters. The fourth-order valence-electron chi connectivity index (χ4n) is 2.29. The molecule has 0 saturated carbocycles. The second-order valence-corrected chi connectivity index (χ2v) is 5.44. The van der Waals surface area contributed by atoms with Crippen molar-refractivity contribution in [3.05, 3.63) is 11.8 Å². The molecule has 0 aromatic heterocycles. The van der Waals surface area contributed by atoms with Crippen LogP contribution in [-0.2, 0) is 4.79 Å². The van der Waals surface area contributed by atoms with E-state index in [9.17, 15) is 27.5 Å². The van der Waals surface area contributed by atoms with Crippen molar-refractivity contribution in [3.8, 4) is 0 Å². The van der Waals surface area contributed by atoms with Gasteiger partial charge in [0.25, 0.3) is 0 Å². The predicted molar refractivity (Wildman–Crippen MR) is 73.8 cm³/mol. The highest BCUT2D eigenvalue weighted by Gasteiger charge is 2.43. The van der Waals surface area contributed by atoms with E-state index in [2.05, 4.69) is 0 Å². The van der Waals surface area contributed by atoms with E-state index in [4.69, 9.17) is 0 Å². The van der Waals surface area contributed by atoms with Gasteiger partial charge in [-0.15, -0.1) is 0 Å². The molecule has 0 fully saturated rings. The fourth-order valence-corrected chi connectivity index (χ4v) is 2.29. The summed E-state index contributed by atoms with van der Waals surface area (Å²) >= 11 is 0. The molecule has 0 saturated heterocycles. The molecule has 6 heteroatoms. The van der Waals surface area contributed by atoms with E-state index < -0.39 is 42.1 Å². The van der Waals surface area contributed by atoms with E-state index in [1.54, 1.807) is 20.8 Å². The van der Waals surface area contributed by atoms with E-state index in [0.29, 0.717) is 6.42 Å². The van der Waals surface area contributed by atoms with Crippen molar-refractivity contribution in [1.82, 2.24) is 0 Å². The molecule has 0 aromatic carbocycles. The number of ketones is 1. The summed E-state index contributed by atoms with van der Waals surface area (Å²) < 4.78 is 50.1. The summed E-state index contributed by atoms with van der Waals surface area (Å²) in [5.74, 6) is -1.50. The second kappa shape index (κ2) is 8.39. The summed E-state index contributed by atoms with van der Waals surface area (Å²) in [7, 11) is 0. The first-order chi connectivity index (χ1) is 9.61. The quantitative estimate of drug-likeness (QED) is 0.363. The maximum Gasteiger partial charge on any atom is 0.390 e. The number of hydrogen-bond acceptors (Lipinski definition) is 2. The minimum atomic E-state index is -4.42. The first kappa shape index (κ1) is 19.9. The van der Waals surface area contributed by atoms with Crippen LogP contribution >= 0.6 is 0 Å². The highest BCUT2D eigenvalue weighted by molar-refractivity contribution is 5.91. The van der Waals surface area contributed by atoms with Gasteiger partial charge in [0.1, 0.15) is 5.76 Å². The van der Waals surface area contributed by atoms with Crippen LogP contribution in [0.1, 0.15) is 52.9 Å². The van der Waals surface area contributed by atoms with Crippen LogP contribution in [-0.4, -0.2) is 23.7 Å². The molecule has 0 rings (SSSR count). The molecule has 0 aromatic rings. The smallest absolute Gasteiger partial charge is 0.390 e. The summed E-state index contributed by atoms with van der Waals surface area (Å²) in [5, 5.41) is 10.0. The Morgan fingerprint density at radius 2 is 1.76 bits per heavy atom. The van der Waals surface area contributed by atoms with Crippen LogP contribution in [0, 0.1) is 11.3 Å². The van der Waals surface area contributed by atoms with Crippen molar-refractivity contribution in [2.75, 3.05) is 6.67 Å². The van der Waals surface area contributed by atoms with Crippen molar-refractivity contribution < 1.29 is 27.5 Å².